The first kappa shape index (κ1) is 13.1. The van der Waals surface area contributed by atoms with Crippen molar-refractivity contribution in [2.45, 2.75) is 11.8 Å². The first-order valence-corrected chi connectivity index (χ1v) is 6.26. The quantitative estimate of drug-likeness (QED) is 0.851. The second-order valence-corrected chi connectivity index (χ2v) is 5.54. The minimum atomic E-state index is -3.56. The molecule has 0 bridgehead atoms. The lowest BCUT2D eigenvalue weighted by atomic mass is 10.2. The number of nitrogens with zero attached hydrogens (tertiary/aromatic N) is 1. The molecule has 16 heavy (non-hydrogen) atoms. The normalized spacial score (nSPS) is 12.1. The molecule has 0 aliphatic carbocycles. The summed E-state index contributed by atoms with van der Waals surface area (Å²) in [5, 5.41) is 0. The van der Waals surface area contributed by atoms with E-state index in [1.54, 1.807) is 6.92 Å². The van der Waals surface area contributed by atoms with Crippen molar-refractivity contribution in [2.24, 2.45) is 5.73 Å². The van der Waals surface area contributed by atoms with Gasteiger partial charge in [-0.1, -0.05) is 0 Å². The van der Waals surface area contributed by atoms with Gasteiger partial charge in [-0.15, -0.1) is 0 Å². The van der Waals surface area contributed by atoms with Crippen LogP contribution in [0.4, 0.5) is 4.39 Å². The molecular weight excluding hydrogens is 231 g/mol. The van der Waals surface area contributed by atoms with E-state index in [0.29, 0.717) is 5.56 Å². The molecule has 1 rings (SSSR count). The Bertz CT molecular complexity index is 474. The van der Waals surface area contributed by atoms with E-state index in [0.717, 1.165) is 10.4 Å². The number of nitrogens with two attached hydrogens (primary N) is 1. The highest BCUT2D eigenvalue weighted by atomic mass is 32.2. The molecule has 0 aliphatic rings. The van der Waals surface area contributed by atoms with Gasteiger partial charge < -0.3 is 5.73 Å². The third-order valence-corrected chi connectivity index (χ3v) is 4.29. The largest absolute Gasteiger partial charge is 0.329 e. The van der Waals surface area contributed by atoms with Crippen molar-refractivity contribution in [1.82, 2.24) is 4.31 Å². The number of rotatable bonds is 4. The van der Waals surface area contributed by atoms with Gasteiger partial charge in [-0.25, -0.2) is 12.8 Å². The highest BCUT2D eigenvalue weighted by Crippen LogP contribution is 2.19. The summed E-state index contributed by atoms with van der Waals surface area (Å²) >= 11 is 0. The molecule has 2 N–H and O–H groups in total. The van der Waals surface area contributed by atoms with Gasteiger partial charge in [-0.05, 0) is 30.7 Å². The van der Waals surface area contributed by atoms with E-state index >= 15 is 0 Å². The standard InChI is InChI=1S/C10H15FN2O2S/c1-8-7-9(11)3-4-10(8)16(14,15)13(2)6-5-12/h3-4,7H,5-6,12H2,1-2H3. The molecule has 0 spiro atoms. The molecule has 0 fully saturated rings. The summed E-state index contributed by atoms with van der Waals surface area (Å²) in [6.07, 6.45) is 0. The van der Waals surface area contributed by atoms with E-state index in [9.17, 15) is 12.8 Å². The Labute approximate surface area is 94.9 Å². The van der Waals surface area contributed by atoms with Crippen LogP contribution in [0.5, 0.6) is 0 Å². The van der Waals surface area contributed by atoms with Gasteiger partial charge in [0.15, 0.2) is 0 Å². The average molecular weight is 246 g/mol. The Morgan fingerprint density at radius 1 is 1.44 bits per heavy atom. The Morgan fingerprint density at radius 3 is 2.56 bits per heavy atom. The predicted octanol–water partition coefficient (Wildman–Crippen LogP) is 0.713. The zero-order valence-electron chi connectivity index (χ0n) is 9.27. The number of halogens is 1. The van der Waals surface area contributed by atoms with Crippen LogP contribution in [0.15, 0.2) is 23.1 Å². The van der Waals surface area contributed by atoms with E-state index < -0.39 is 15.8 Å². The molecule has 1 aromatic carbocycles. The third kappa shape index (κ3) is 2.58. The van der Waals surface area contributed by atoms with Crippen molar-refractivity contribution in [2.75, 3.05) is 20.1 Å². The van der Waals surface area contributed by atoms with Crippen LogP contribution >= 0.6 is 0 Å². The molecule has 0 aliphatic heterocycles. The zero-order chi connectivity index (χ0) is 12.3. The first-order valence-electron chi connectivity index (χ1n) is 4.82. The Morgan fingerprint density at radius 2 is 2.06 bits per heavy atom. The lowest BCUT2D eigenvalue weighted by Gasteiger charge is -2.17. The fourth-order valence-electron chi connectivity index (χ4n) is 1.37. The lowest BCUT2D eigenvalue weighted by Crippen LogP contribution is -2.32. The van der Waals surface area contributed by atoms with Crippen LogP contribution in [-0.4, -0.2) is 32.9 Å². The number of benzene rings is 1. The lowest BCUT2D eigenvalue weighted by molar-refractivity contribution is 0.476. The molecule has 0 saturated heterocycles. The van der Waals surface area contributed by atoms with Crippen molar-refractivity contribution in [1.29, 1.82) is 0 Å². The van der Waals surface area contributed by atoms with Crippen LogP contribution in [0.3, 0.4) is 0 Å². The second kappa shape index (κ2) is 4.90. The van der Waals surface area contributed by atoms with Gasteiger partial charge >= 0.3 is 0 Å². The van der Waals surface area contributed by atoms with Gasteiger partial charge in [0.05, 0.1) is 4.90 Å². The topological polar surface area (TPSA) is 63.4 Å². The average Bonchev–Trinajstić information content (AvgIpc) is 2.17. The van der Waals surface area contributed by atoms with E-state index in [-0.39, 0.29) is 18.0 Å². The highest BCUT2D eigenvalue weighted by molar-refractivity contribution is 7.89. The van der Waals surface area contributed by atoms with Gasteiger partial charge in [-0.2, -0.15) is 4.31 Å². The Kier molecular flexibility index (Phi) is 4.01. The Balaban J connectivity index is 3.17. The molecule has 1 aromatic rings. The monoisotopic (exact) mass is 246 g/mol. The van der Waals surface area contributed by atoms with Crippen molar-refractivity contribution >= 4 is 10.0 Å². The van der Waals surface area contributed by atoms with Gasteiger partial charge in [0.25, 0.3) is 0 Å². The fraction of sp³-hybridized carbons (Fsp3) is 0.400. The summed E-state index contributed by atoms with van der Waals surface area (Å²) in [6, 6.07) is 3.60. The minimum Gasteiger partial charge on any atom is -0.329 e. The van der Waals surface area contributed by atoms with Gasteiger partial charge in [0.1, 0.15) is 5.82 Å². The molecule has 6 heteroatoms. The summed E-state index contributed by atoms with van der Waals surface area (Å²) in [7, 11) is -2.11. The van der Waals surface area contributed by atoms with Crippen LogP contribution in [-0.2, 0) is 10.0 Å². The van der Waals surface area contributed by atoms with E-state index in [2.05, 4.69) is 0 Å². The molecule has 90 valence electrons. The fourth-order valence-corrected chi connectivity index (χ4v) is 2.76. The van der Waals surface area contributed by atoms with Crippen molar-refractivity contribution in [3.8, 4) is 0 Å². The number of sulfonamides is 1. The molecule has 0 radical (unpaired) electrons. The van der Waals surface area contributed by atoms with Crippen LogP contribution < -0.4 is 5.73 Å². The summed E-state index contributed by atoms with van der Waals surface area (Å²) in [5.41, 5.74) is 5.69. The molecule has 0 unspecified atom stereocenters. The molecule has 0 aromatic heterocycles. The van der Waals surface area contributed by atoms with Crippen molar-refractivity contribution in [3.05, 3.63) is 29.6 Å². The first-order chi connectivity index (χ1) is 7.39. The van der Waals surface area contributed by atoms with Crippen LogP contribution in [0.25, 0.3) is 0 Å². The highest BCUT2D eigenvalue weighted by Gasteiger charge is 2.21. The van der Waals surface area contributed by atoms with Crippen molar-refractivity contribution < 1.29 is 12.8 Å². The smallest absolute Gasteiger partial charge is 0.243 e. The van der Waals surface area contributed by atoms with E-state index in [1.807, 2.05) is 0 Å². The maximum atomic E-state index is 12.9. The maximum Gasteiger partial charge on any atom is 0.243 e. The summed E-state index contributed by atoms with van der Waals surface area (Å²) in [6.45, 7) is 2.04. The summed E-state index contributed by atoms with van der Waals surface area (Å²) < 4.78 is 38.0. The van der Waals surface area contributed by atoms with E-state index in [1.165, 1.54) is 19.2 Å². The van der Waals surface area contributed by atoms with Gasteiger partial charge in [0, 0.05) is 20.1 Å². The summed E-state index contributed by atoms with van der Waals surface area (Å²) in [4.78, 5) is 0.116. The van der Waals surface area contributed by atoms with Crippen molar-refractivity contribution in [3.63, 3.8) is 0 Å². The number of aryl methyl sites for hydroxylation is 1. The minimum absolute atomic E-state index is 0.116. The number of hydrogen-bond donors (Lipinski definition) is 1. The third-order valence-electron chi connectivity index (χ3n) is 2.27. The number of hydrogen-bond acceptors (Lipinski definition) is 3. The van der Waals surface area contributed by atoms with Gasteiger partial charge in [0.2, 0.25) is 10.0 Å². The molecule has 0 heterocycles. The van der Waals surface area contributed by atoms with Crippen LogP contribution in [0.1, 0.15) is 5.56 Å². The number of likely N-dealkylation sites (N-methyl/N-ethyl adjacent to an activating group) is 1. The maximum absolute atomic E-state index is 12.9. The van der Waals surface area contributed by atoms with E-state index in [4.69, 9.17) is 5.73 Å². The zero-order valence-corrected chi connectivity index (χ0v) is 10.1. The van der Waals surface area contributed by atoms with Crippen LogP contribution in [0.2, 0.25) is 0 Å². The SMILES string of the molecule is Cc1cc(F)ccc1S(=O)(=O)N(C)CCN. The van der Waals surface area contributed by atoms with Gasteiger partial charge in [-0.3, -0.25) is 0 Å². The molecule has 0 saturated carbocycles. The predicted molar refractivity (Wildman–Crippen MR) is 60.0 cm³/mol. The molecule has 4 nitrogen and oxygen atoms in total. The summed E-state index contributed by atoms with van der Waals surface area (Å²) in [5.74, 6) is -0.446. The second-order valence-electron chi connectivity index (χ2n) is 3.53. The molecule has 0 atom stereocenters. The molecule has 0 amide bonds. The van der Waals surface area contributed by atoms with Crippen LogP contribution in [0, 0.1) is 12.7 Å². The molecular formula is C10H15FN2O2S. The Hall–Kier alpha value is -0.980.